The van der Waals surface area contributed by atoms with Crippen LogP contribution in [-0.2, 0) is 6.42 Å². The van der Waals surface area contributed by atoms with E-state index in [0.717, 1.165) is 23.9 Å². The zero-order chi connectivity index (χ0) is 25.2. The molecule has 1 aliphatic heterocycles. The number of hydrogen-bond donors (Lipinski definition) is 1. The van der Waals surface area contributed by atoms with Gasteiger partial charge in [0.25, 0.3) is 0 Å². The lowest BCUT2D eigenvalue weighted by atomic mass is 9.90. The number of nitrogens with one attached hydrogen (secondary N) is 1. The lowest BCUT2D eigenvalue weighted by Crippen LogP contribution is -2.38. The van der Waals surface area contributed by atoms with E-state index in [0.29, 0.717) is 28.8 Å². The van der Waals surface area contributed by atoms with Crippen LogP contribution in [0.4, 0.5) is 11.6 Å². The first-order valence-corrected chi connectivity index (χ1v) is 13.2. The molecule has 0 saturated carbocycles. The van der Waals surface area contributed by atoms with Gasteiger partial charge in [0.15, 0.2) is 6.61 Å². The summed E-state index contributed by atoms with van der Waals surface area (Å²) < 4.78 is 12.2. The minimum Gasteiger partial charge on any atom is -0.493 e. The summed E-state index contributed by atoms with van der Waals surface area (Å²) in [5.74, 6) is 5.31. The smallest absolute Gasteiger partial charge is 0.233 e. The van der Waals surface area contributed by atoms with E-state index in [-0.39, 0.29) is 6.61 Å². The molecule has 4 rings (SSSR count). The number of halogens is 1. The Kier molecular flexibility index (Phi) is 9.60. The molecule has 1 unspecified atom stereocenters. The zero-order valence-corrected chi connectivity index (χ0v) is 22.3. The van der Waals surface area contributed by atoms with E-state index in [1.54, 1.807) is 6.20 Å². The lowest BCUT2D eigenvalue weighted by molar-refractivity contribution is 0.141. The van der Waals surface area contributed by atoms with Crippen LogP contribution in [-0.4, -0.2) is 47.7 Å². The highest BCUT2D eigenvalue weighted by molar-refractivity contribution is 9.10. The molecule has 0 aliphatic carbocycles. The van der Waals surface area contributed by atoms with Crippen molar-refractivity contribution in [3.05, 3.63) is 70.8 Å². The zero-order valence-electron chi connectivity index (χ0n) is 20.7. The van der Waals surface area contributed by atoms with E-state index in [2.05, 4.69) is 79.3 Å². The molecule has 0 amide bonds. The normalized spacial score (nSPS) is 15.1. The number of anilines is 2. The Balaban J connectivity index is 1.22. The van der Waals surface area contributed by atoms with E-state index in [9.17, 15) is 0 Å². The van der Waals surface area contributed by atoms with Gasteiger partial charge in [0.05, 0.1) is 17.3 Å². The number of nitrogens with zero attached hydrogens (tertiary/aromatic N) is 3. The van der Waals surface area contributed by atoms with Gasteiger partial charge in [-0.3, -0.25) is 0 Å². The number of piperidine rings is 1. The van der Waals surface area contributed by atoms with Crippen LogP contribution < -0.4 is 14.8 Å². The minimum atomic E-state index is 0.141. The highest BCUT2D eigenvalue weighted by atomic mass is 79.9. The average molecular weight is 550 g/mol. The number of benzene rings is 2. The first-order chi connectivity index (χ1) is 17.6. The highest BCUT2D eigenvalue weighted by Crippen LogP contribution is 2.26. The van der Waals surface area contributed by atoms with Gasteiger partial charge in [0.2, 0.25) is 11.8 Å². The molecule has 188 valence electrons. The van der Waals surface area contributed by atoms with Crippen molar-refractivity contribution in [2.75, 3.05) is 38.2 Å². The Hall–Kier alpha value is -3.08. The number of hydrogen-bond acceptors (Lipinski definition) is 6. The standard InChI is InChI=1S/C29H33BrN4O2/c1-3-16-35-28-27(30)19-31-29(33-28)32-25-10-7-11-26(18-25)36-21-22(2)20-34-14-12-24(13-15-34)17-23-8-5-4-6-9-23/h1,4-11,18-19,22,24H,12-17,20-21H2,2H3,(H,31,32,33). The predicted octanol–water partition coefficient (Wildman–Crippen LogP) is 5.96. The highest BCUT2D eigenvalue weighted by Gasteiger charge is 2.21. The topological polar surface area (TPSA) is 59.5 Å². The Bertz CT molecular complexity index is 1140. The summed E-state index contributed by atoms with van der Waals surface area (Å²) in [7, 11) is 0. The van der Waals surface area contributed by atoms with Gasteiger partial charge in [0, 0.05) is 24.2 Å². The Morgan fingerprint density at radius 1 is 1.14 bits per heavy atom. The molecule has 1 aliphatic rings. The van der Waals surface area contributed by atoms with Crippen molar-refractivity contribution in [3.63, 3.8) is 0 Å². The molecule has 3 aromatic rings. The van der Waals surface area contributed by atoms with Gasteiger partial charge < -0.3 is 19.7 Å². The summed E-state index contributed by atoms with van der Waals surface area (Å²) in [6, 6.07) is 18.7. The fourth-order valence-corrected chi connectivity index (χ4v) is 4.77. The van der Waals surface area contributed by atoms with Crippen LogP contribution in [0.2, 0.25) is 0 Å². The Labute approximate surface area is 222 Å². The maximum absolute atomic E-state index is 6.12. The van der Waals surface area contributed by atoms with Crippen LogP contribution in [0, 0.1) is 24.2 Å². The van der Waals surface area contributed by atoms with Crippen LogP contribution in [0.1, 0.15) is 25.3 Å². The molecule has 6 nitrogen and oxygen atoms in total. The third-order valence-electron chi connectivity index (χ3n) is 6.27. The quantitative estimate of drug-likeness (QED) is 0.298. The number of rotatable bonds is 11. The second kappa shape index (κ2) is 13.3. The average Bonchev–Trinajstić information content (AvgIpc) is 2.90. The van der Waals surface area contributed by atoms with E-state index in [4.69, 9.17) is 15.9 Å². The summed E-state index contributed by atoms with van der Waals surface area (Å²) in [6.07, 6.45) is 10.6. The maximum atomic E-state index is 6.12. The van der Waals surface area contributed by atoms with Crippen molar-refractivity contribution in [2.45, 2.75) is 26.2 Å². The SMILES string of the molecule is C#CCOc1nc(Nc2cccc(OCC(C)CN3CCC(Cc4ccccc4)CC3)c2)ncc1Br. The molecule has 1 aromatic heterocycles. The van der Waals surface area contributed by atoms with Crippen LogP contribution in [0.3, 0.4) is 0 Å². The molecular weight excluding hydrogens is 516 g/mol. The molecule has 1 atom stereocenters. The number of likely N-dealkylation sites (tertiary alicyclic amines) is 1. The third kappa shape index (κ3) is 7.97. The molecule has 0 radical (unpaired) electrons. The molecule has 2 aromatic carbocycles. The van der Waals surface area contributed by atoms with Gasteiger partial charge in [-0.25, -0.2) is 4.98 Å². The molecule has 2 heterocycles. The second-order valence-electron chi connectivity index (χ2n) is 9.34. The van der Waals surface area contributed by atoms with Crippen molar-refractivity contribution in [2.24, 2.45) is 11.8 Å². The number of aromatic nitrogens is 2. The summed E-state index contributed by atoms with van der Waals surface area (Å²) in [5, 5.41) is 3.20. The number of ether oxygens (including phenoxy) is 2. The molecular formula is C29H33BrN4O2. The monoisotopic (exact) mass is 548 g/mol. The summed E-state index contributed by atoms with van der Waals surface area (Å²) in [5.41, 5.74) is 2.30. The van der Waals surface area contributed by atoms with E-state index in [1.807, 2.05) is 24.3 Å². The molecule has 1 saturated heterocycles. The fourth-order valence-electron chi connectivity index (χ4n) is 4.47. The number of terminal acetylenes is 1. The first kappa shape index (κ1) is 26.0. The predicted molar refractivity (Wildman–Crippen MR) is 148 cm³/mol. The molecule has 7 heteroatoms. The largest absolute Gasteiger partial charge is 0.493 e. The first-order valence-electron chi connectivity index (χ1n) is 12.4. The maximum Gasteiger partial charge on any atom is 0.233 e. The summed E-state index contributed by atoms with van der Waals surface area (Å²) in [6.45, 7) is 6.46. The van der Waals surface area contributed by atoms with Crippen LogP contribution in [0.25, 0.3) is 0 Å². The van der Waals surface area contributed by atoms with E-state index >= 15 is 0 Å². The van der Waals surface area contributed by atoms with Crippen molar-refractivity contribution in [3.8, 4) is 24.0 Å². The molecule has 36 heavy (non-hydrogen) atoms. The Morgan fingerprint density at radius 3 is 2.72 bits per heavy atom. The van der Waals surface area contributed by atoms with Crippen molar-refractivity contribution in [1.29, 1.82) is 0 Å². The lowest BCUT2D eigenvalue weighted by Gasteiger charge is -2.33. The van der Waals surface area contributed by atoms with Crippen molar-refractivity contribution >= 4 is 27.6 Å². The van der Waals surface area contributed by atoms with Gasteiger partial charge in [-0.2, -0.15) is 4.98 Å². The molecule has 1 N–H and O–H groups in total. The van der Waals surface area contributed by atoms with Crippen LogP contribution in [0.5, 0.6) is 11.6 Å². The van der Waals surface area contributed by atoms with Gasteiger partial charge in [-0.05, 0) is 71.9 Å². The van der Waals surface area contributed by atoms with Gasteiger partial charge in [-0.15, -0.1) is 6.42 Å². The van der Waals surface area contributed by atoms with Crippen LogP contribution >= 0.6 is 15.9 Å². The van der Waals surface area contributed by atoms with Crippen molar-refractivity contribution < 1.29 is 9.47 Å². The van der Waals surface area contributed by atoms with Crippen molar-refractivity contribution in [1.82, 2.24) is 14.9 Å². The molecule has 0 bridgehead atoms. The second-order valence-corrected chi connectivity index (χ2v) is 10.2. The molecule has 1 fully saturated rings. The third-order valence-corrected chi connectivity index (χ3v) is 6.82. The summed E-state index contributed by atoms with van der Waals surface area (Å²) in [4.78, 5) is 11.2. The van der Waals surface area contributed by atoms with Gasteiger partial charge in [0.1, 0.15) is 5.75 Å². The van der Waals surface area contributed by atoms with Gasteiger partial charge in [-0.1, -0.05) is 49.2 Å². The van der Waals surface area contributed by atoms with Crippen LogP contribution in [0.15, 0.2) is 65.3 Å². The van der Waals surface area contributed by atoms with E-state index in [1.165, 1.54) is 37.9 Å². The Morgan fingerprint density at radius 2 is 1.94 bits per heavy atom. The van der Waals surface area contributed by atoms with E-state index < -0.39 is 0 Å². The van der Waals surface area contributed by atoms with Gasteiger partial charge >= 0.3 is 0 Å². The fraction of sp³-hybridized carbons (Fsp3) is 0.379. The molecule has 0 spiro atoms. The summed E-state index contributed by atoms with van der Waals surface area (Å²) >= 11 is 3.37. The minimum absolute atomic E-state index is 0.141.